The van der Waals surface area contributed by atoms with Crippen LogP contribution in [-0.4, -0.2) is 43.1 Å². The van der Waals surface area contributed by atoms with Crippen LogP contribution in [-0.2, 0) is 10.1 Å². The molecule has 0 radical (unpaired) electrons. The first kappa shape index (κ1) is 24.0. The van der Waals surface area contributed by atoms with Gasteiger partial charge in [0.25, 0.3) is 0 Å². The largest absolute Gasteiger partial charge is 0.741 e. The Hall–Kier alpha value is -2.01. The molecule has 0 saturated carbocycles. The zero-order valence-electron chi connectivity index (χ0n) is 14.9. The van der Waals surface area contributed by atoms with Crippen LogP contribution in [0.25, 0.3) is 0 Å². The number of rotatable bonds is 3. The normalized spacial score (nSPS) is 17.4. The molecule has 0 aliphatic carbocycles. The first-order chi connectivity index (χ1) is 12.6. The molecule has 1 atom stereocenters. The Labute approximate surface area is 163 Å². The summed E-state index contributed by atoms with van der Waals surface area (Å²) < 4.78 is 59.8. The molecule has 7 nitrogen and oxygen atoms in total. The fourth-order valence-electron chi connectivity index (χ4n) is 2.04. The smallest absolute Gasteiger partial charge is 0.485 e. The minimum absolute atomic E-state index is 0.00941. The number of nitrogens with zero attached hydrogens (tertiary/aromatic N) is 1. The fourth-order valence-corrected chi connectivity index (χ4v) is 5.91. The topological polar surface area (TPSA) is 117 Å². The van der Waals surface area contributed by atoms with Gasteiger partial charge >= 0.3 is 127 Å². The average Bonchev–Trinajstić information content (AvgIpc) is 2.56. The Morgan fingerprint density at radius 2 is 1.64 bits per heavy atom. The number of non-ortho nitro benzene ring substituents is 1. The Bertz CT molecular complexity index is 936. The van der Waals surface area contributed by atoms with E-state index >= 15 is 0 Å². The average molecular weight is 486 g/mol. The van der Waals surface area contributed by atoms with Gasteiger partial charge in [0.05, 0.1) is 0 Å². The number of allylic oxidation sites excluding steroid dienone is 4. The molecule has 1 aromatic rings. The molecule has 2 rings (SSSR count). The molecule has 12 heteroatoms. The van der Waals surface area contributed by atoms with Crippen molar-refractivity contribution in [2.75, 3.05) is 0 Å². The number of ketones is 1. The van der Waals surface area contributed by atoms with Crippen molar-refractivity contribution >= 4 is 35.5 Å². The van der Waals surface area contributed by atoms with Gasteiger partial charge in [0.15, 0.2) is 10.1 Å². The summed E-state index contributed by atoms with van der Waals surface area (Å²) in [5.74, 6) is 2.17. The van der Waals surface area contributed by atoms with Gasteiger partial charge in [-0.25, -0.2) is 8.42 Å². The summed E-state index contributed by atoms with van der Waals surface area (Å²) in [7, 11) is -6.09. The predicted octanol–water partition coefficient (Wildman–Crippen LogP) is 3.77. The van der Waals surface area contributed by atoms with Gasteiger partial charge in [-0.3, -0.25) is 0 Å². The molecular formula is C16H16F3NO6SSe. The van der Waals surface area contributed by atoms with E-state index in [1.165, 1.54) is 17.7 Å². The minimum Gasteiger partial charge on any atom is -0.741 e. The molecule has 0 N–H and O–H groups in total. The number of carbonyl (C=O) groups excluding carboxylic acids is 1. The molecule has 154 valence electrons. The first-order valence-electron chi connectivity index (χ1n) is 7.47. The molecule has 1 unspecified atom stereocenters. The van der Waals surface area contributed by atoms with Crippen molar-refractivity contribution in [1.82, 2.24) is 0 Å². The van der Waals surface area contributed by atoms with E-state index in [1.807, 2.05) is 13.0 Å². The fraction of sp³-hybridized carbons (Fsp3) is 0.312. The molecule has 1 heterocycles. The van der Waals surface area contributed by atoms with Crippen molar-refractivity contribution in [3.8, 4) is 0 Å². The van der Waals surface area contributed by atoms with Gasteiger partial charge in [-0.05, 0) is 0 Å². The predicted molar refractivity (Wildman–Crippen MR) is 96.1 cm³/mol. The number of nitro groups is 1. The molecular weight excluding hydrogens is 470 g/mol. The molecule has 28 heavy (non-hydrogen) atoms. The van der Waals surface area contributed by atoms with E-state index in [0.717, 1.165) is 15.4 Å². The second-order valence-electron chi connectivity index (χ2n) is 5.79. The molecule has 0 bridgehead atoms. The van der Waals surface area contributed by atoms with Crippen molar-refractivity contribution in [2.24, 2.45) is 0 Å². The summed E-state index contributed by atoms with van der Waals surface area (Å²) in [6, 6.07) is 5.85. The van der Waals surface area contributed by atoms with Gasteiger partial charge in [0.1, 0.15) is 0 Å². The number of hydrogen-bond acceptors (Lipinski definition) is 6. The molecule has 1 aliphatic rings. The third-order valence-corrected chi connectivity index (χ3v) is 8.27. The zero-order chi connectivity index (χ0) is 21.9. The number of carbonyl (C=O) groups is 1. The van der Waals surface area contributed by atoms with Gasteiger partial charge in [-0.1, -0.05) is 0 Å². The third-order valence-electron chi connectivity index (χ3n) is 3.68. The van der Waals surface area contributed by atoms with E-state index in [-0.39, 0.29) is 11.5 Å². The van der Waals surface area contributed by atoms with E-state index in [4.69, 9.17) is 13.0 Å². The summed E-state index contributed by atoms with van der Waals surface area (Å²) in [6.07, 6.45) is 1.99. The van der Waals surface area contributed by atoms with Gasteiger partial charge in [-0.15, -0.1) is 0 Å². The van der Waals surface area contributed by atoms with Crippen LogP contribution in [0.2, 0.25) is 11.1 Å². The van der Waals surface area contributed by atoms with Crippen LogP contribution in [0.15, 0.2) is 46.0 Å². The number of Topliss-reactive ketones (excluding diaryl/α,β-unsaturated/α-hetero) is 1. The maximum absolute atomic E-state index is 12.5. The monoisotopic (exact) mass is 487 g/mol. The SMILES string of the molecule is CC1=C(C)C[Se+](C)C(C(=O)c2ccc([N+](=O)[O-])cc2)=C1.O=S(=O)([O-])C(F)(F)F. The van der Waals surface area contributed by atoms with E-state index in [9.17, 15) is 28.1 Å². The van der Waals surface area contributed by atoms with Crippen LogP contribution in [0.1, 0.15) is 24.2 Å². The van der Waals surface area contributed by atoms with E-state index < -0.39 is 34.5 Å². The number of hydrogen-bond donors (Lipinski definition) is 0. The second kappa shape index (κ2) is 8.99. The second-order valence-corrected chi connectivity index (χ2v) is 11.4. The zero-order valence-corrected chi connectivity index (χ0v) is 17.5. The van der Waals surface area contributed by atoms with Crippen LogP contribution in [0, 0.1) is 10.1 Å². The van der Waals surface area contributed by atoms with Crippen LogP contribution < -0.4 is 0 Å². The third kappa shape index (κ3) is 6.26. The molecule has 1 aliphatic heterocycles. The van der Waals surface area contributed by atoms with Crippen molar-refractivity contribution < 1.29 is 35.9 Å². The number of halogens is 3. The summed E-state index contributed by atoms with van der Waals surface area (Å²) in [5.41, 5.74) is -2.58. The van der Waals surface area contributed by atoms with Crippen molar-refractivity contribution in [2.45, 2.75) is 30.5 Å². The van der Waals surface area contributed by atoms with Crippen LogP contribution in [0.4, 0.5) is 18.9 Å². The molecule has 1 aromatic carbocycles. The van der Waals surface area contributed by atoms with Crippen molar-refractivity contribution in [3.63, 3.8) is 0 Å². The van der Waals surface area contributed by atoms with Crippen LogP contribution in [0.3, 0.4) is 0 Å². The van der Waals surface area contributed by atoms with Gasteiger partial charge in [0.2, 0.25) is 0 Å². The van der Waals surface area contributed by atoms with Crippen LogP contribution >= 0.6 is 0 Å². The van der Waals surface area contributed by atoms with Crippen molar-refractivity contribution in [3.05, 3.63) is 61.6 Å². The standard InChI is InChI=1S/C15H16NO3Se.CHF3O3S/c1-10-8-14(20(3)9-11(10)2)15(17)12-4-6-13(7-5-12)16(18)19;2-1(3,4)8(5,6)7/h4-8H,9H2,1-3H3;(H,5,6,7)/q+1;/p-1. The van der Waals surface area contributed by atoms with E-state index in [1.54, 1.807) is 12.1 Å². The molecule has 0 aromatic heterocycles. The summed E-state index contributed by atoms with van der Waals surface area (Å²) in [5, 5.41) is 11.6. The number of benzene rings is 1. The summed E-state index contributed by atoms with van der Waals surface area (Å²) >= 11 is -1.10. The van der Waals surface area contributed by atoms with Gasteiger partial charge in [-0.2, -0.15) is 13.2 Å². The number of nitro benzene ring substituents is 1. The molecule has 0 amide bonds. The molecule has 0 fully saturated rings. The molecule has 0 saturated heterocycles. The number of alkyl halides is 3. The van der Waals surface area contributed by atoms with Crippen molar-refractivity contribution in [1.29, 1.82) is 0 Å². The minimum atomic E-state index is -6.09. The maximum atomic E-state index is 12.5. The first-order valence-corrected chi connectivity index (χ1v) is 12.7. The maximum Gasteiger partial charge on any atom is 0.485 e. The Morgan fingerprint density at radius 3 is 2.04 bits per heavy atom. The Morgan fingerprint density at radius 1 is 1.18 bits per heavy atom. The Kier molecular flexibility index (Phi) is 7.72. The summed E-state index contributed by atoms with van der Waals surface area (Å²) in [6.45, 7) is 4.13. The van der Waals surface area contributed by atoms with Gasteiger partial charge < -0.3 is 4.55 Å². The van der Waals surface area contributed by atoms with Crippen LogP contribution in [0.5, 0.6) is 0 Å². The van der Waals surface area contributed by atoms with E-state index in [2.05, 4.69) is 12.7 Å². The molecule has 0 spiro atoms. The Balaban J connectivity index is 0.000000416. The van der Waals surface area contributed by atoms with E-state index in [0.29, 0.717) is 5.56 Å². The quantitative estimate of drug-likeness (QED) is 0.160. The van der Waals surface area contributed by atoms with Gasteiger partial charge in [0, 0.05) is 0 Å². The summed E-state index contributed by atoms with van der Waals surface area (Å²) in [4.78, 5) is 22.7.